The first kappa shape index (κ1) is 18.2. The molecule has 2 aromatic carbocycles. The Kier molecular flexibility index (Phi) is 5.13. The van der Waals surface area contributed by atoms with Gasteiger partial charge in [0.2, 0.25) is 0 Å². The Morgan fingerprint density at radius 3 is 2.42 bits per heavy atom. The molecule has 1 atom stereocenters. The number of nitrogens with zero attached hydrogens (tertiary/aromatic N) is 1. The fourth-order valence-corrected chi connectivity index (χ4v) is 4.34. The van der Waals surface area contributed by atoms with Crippen molar-refractivity contribution in [3.63, 3.8) is 0 Å². The zero-order valence-corrected chi connectivity index (χ0v) is 15.6. The molecule has 26 heavy (non-hydrogen) atoms. The molecule has 5 nitrogen and oxygen atoms in total. The molecular weight excluding hydrogens is 350 g/mol. The van der Waals surface area contributed by atoms with E-state index >= 15 is 0 Å². The minimum absolute atomic E-state index is 0.104. The predicted molar refractivity (Wildman–Crippen MR) is 102 cm³/mol. The molecule has 0 aromatic heterocycles. The van der Waals surface area contributed by atoms with E-state index in [-0.39, 0.29) is 11.7 Å². The van der Waals surface area contributed by atoms with Crippen molar-refractivity contribution in [1.82, 2.24) is 0 Å². The minimum atomic E-state index is -3.29. The fourth-order valence-electron chi connectivity index (χ4n) is 3.08. The highest BCUT2D eigenvalue weighted by atomic mass is 32.2. The van der Waals surface area contributed by atoms with Crippen LogP contribution in [0.1, 0.15) is 22.8 Å². The average Bonchev–Trinajstić information content (AvgIpc) is 3.01. The van der Waals surface area contributed by atoms with Crippen LogP contribution in [0.5, 0.6) is 5.75 Å². The molecule has 0 fully saturated rings. The first-order chi connectivity index (χ1) is 12.4. The van der Waals surface area contributed by atoms with E-state index in [0.717, 1.165) is 17.7 Å². The van der Waals surface area contributed by atoms with Crippen molar-refractivity contribution in [2.75, 3.05) is 17.8 Å². The number of sulfone groups is 1. The van der Waals surface area contributed by atoms with E-state index in [9.17, 15) is 13.2 Å². The number of para-hydroxylation sites is 1. The number of aryl methyl sites for hydroxylation is 1. The highest BCUT2D eigenvalue weighted by Crippen LogP contribution is 2.29. The Morgan fingerprint density at radius 1 is 1.15 bits per heavy atom. The molecule has 0 saturated heterocycles. The molecule has 0 spiro atoms. The Labute approximate surface area is 153 Å². The van der Waals surface area contributed by atoms with Crippen molar-refractivity contribution in [2.24, 2.45) is 0 Å². The number of hydrogen-bond donors (Lipinski definition) is 0. The van der Waals surface area contributed by atoms with Crippen LogP contribution >= 0.6 is 0 Å². The van der Waals surface area contributed by atoms with Crippen LogP contribution < -0.4 is 9.64 Å². The monoisotopic (exact) mass is 371 g/mol. The molecular formula is C20H21NO4S. The second kappa shape index (κ2) is 7.33. The molecule has 0 aliphatic carbocycles. The zero-order valence-electron chi connectivity index (χ0n) is 14.8. The van der Waals surface area contributed by atoms with E-state index in [2.05, 4.69) is 0 Å². The number of methoxy groups -OCH3 is 1. The maximum absolute atomic E-state index is 13.3. The molecule has 6 heteroatoms. The van der Waals surface area contributed by atoms with Gasteiger partial charge >= 0.3 is 0 Å². The van der Waals surface area contributed by atoms with Crippen molar-refractivity contribution < 1.29 is 17.9 Å². The standard InChI is InChI=1S/C20H21NO4S/c1-3-15-6-4-5-7-19(15)21(17-12-13-26(23,24)14-17)20(22)16-8-10-18(25-2)11-9-16/h4-13,17H,3,14H2,1-2H3/t17-/m1/s1. The largest absolute Gasteiger partial charge is 0.497 e. The summed E-state index contributed by atoms with van der Waals surface area (Å²) < 4.78 is 29.0. The maximum Gasteiger partial charge on any atom is 0.258 e. The number of rotatable bonds is 5. The van der Waals surface area contributed by atoms with Crippen LogP contribution in [0.25, 0.3) is 0 Å². The number of carbonyl (C=O) groups excluding carboxylic acids is 1. The van der Waals surface area contributed by atoms with Crippen LogP contribution in [0.15, 0.2) is 60.0 Å². The molecule has 0 saturated carbocycles. The molecule has 136 valence electrons. The highest BCUT2D eigenvalue weighted by Gasteiger charge is 2.32. The lowest BCUT2D eigenvalue weighted by Gasteiger charge is -2.29. The normalized spacial score (nSPS) is 17.8. The molecule has 1 heterocycles. The van der Waals surface area contributed by atoms with Crippen LogP contribution in [-0.2, 0) is 16.3 Å². The van der Waals surface area contributed by atoms with Gasteiger partial charge < -0.3 is 9.64 Å². The summed E-state index contributed by atoms with van der Waals surface area (Å²) in [4.78, 5) is 14.9. The Balaban J connectivity index is 2.05. The number of carbonyl (C=O) groups is 1. The van der Waals surface area contributed by atoms with Crippen LogP contribution in [0, 0.1) is 0 Å². The molecule has 3 rings (SSSR count). The number of anilines is 1. The second-order valence-corrected chi connectivity index (χ2v) is 8.04. The van der Waals surface area contributed by atoms with E-state index in [1.54, 1.807) is 42.4 Å². The van der Waals surface area contributed by atoms with E-state index < -0.39 is 15.9 Å². The first-order valence-electron chi connectivity index (χ1n) is 8.41. The molecule has 0 unspecified atom stereocenters. The summed E-state index contributed by atoms with van der Waals surface area (Å²) in [5.74, 6) is 0.318. The first-order valence-corrected chi connectivity index (χ1v) is 10.1. The summed E-state index contributed by atoms with van der Waals surface area (Å²) >= 11 is 0. The summed E-state index contributed by atoms with van der Waals surface area (Å²) in [5, 5.41) is 1.19. The molecule has 1 aliphatic rings. The van der Waals surface area contributed by atoms with Crippen LogP contribution in [0.3, 0.4) is 0 Å². The molecule has 0 N–H and O–H groups in total. The van der Waals surface area contributed by atoms with Crippen LogP contribution in [-0.4, -0.2) is 33.2 Å². The minimum Gasteiger partial charge on any atom is -0.497 e. The molecule has 1 aliphatic heterocycles. The van der Waals surface area contributed by atoms with Gasteiger partial charge in [-0.05, 0) is 48.4 Å². The van der Waals surface area contributed by atoms with Gasteiger partial charge in [-0.15, -0.1) is 0 Å². The van der Waals surface area contributed by atoms with Crippen molar-refractivity contribution in [3.8, 4) is 5.75 Å². The Hall–Kier alpha value is -2.60. The summed E-state index contributed by atoms with van der Waals surface area (Å²) in [6.07, 6.45) is 2.33. The van der Waals surface area contributed by atoms with Gasteiger partial charge in [-0.2, -0.15) is 0 Å². The van der Waals surface area contributed by atoms with E-state index in [4.69, 9.17) is 4.74 Å². The summed E-state index contributed by atoms with van der Waals surface area (Å²) in [7, 11) is -1.72. The van der Waals surface area contributed by atoms with Gasteiger partial charge in [-0.1, -0.05) is 25.1 Å². The molecule has 1 amide bonds. The predicted octanol–water partition coefficient (Wildman–Crippen LogP) is 3.22. The summed E-state index contributed by atoms with van der Waals surface area (Å²) in [5.41, 5.74) is 2.21. The van der Waals surface area contributed by atoms with E-state index in [1.807, 2.05) is 31.2 Å². The third-order valence-electron chi connectivity index (χ3n) is 4.43. The van der Waals surface area contributed by atoms with Gasteiger partial charge in [-0.25, -0.2) is 8.42 Å². The quantitative estimate of drug-likeness (QED) is 0.810. The summed E-state index contributed by atoms with van der Waals surface area (Å²) in [6.45, 7) is 2.01. The van der Waals surface area contributed by atoms with Crippen molar-refractivity contribution in [3.05, 3.63) is 71.1 Å². The molecule has 0 radical (unpaired) electrons. The van der Waals surface area contributed by atoms with E-state index in [0.29, 0.717) is 11.3 Å². The van der Waals surface area contributed by atoms with Gasteiger partial charge in [0.15, 0.2) is 9.84 Å². The smallest absolute Gasteiger partial charge is 0.258 e. The lowest BCUT2D eigenvalue weighted by molar-refractivity contribution is 0.0983. The zero-order chi connectivity index (χ0) is 18.7. The Morgan fingerprint density at radius 2 is 1.85 bits per heavy atom. The third-order valence-corrected chi connectivity index (χ3v) is 5.81. The van der Waals surface area contributed by atoms with Crippen LogP contribution in [0.4, 0.5) is 5.69 Å². The fraction of sp³-hybridized carbons (Fsp3) is 0.250. The summed E-state index contributed by atoms with van der Waals surface area (Å²) in [6, 6.07) is 13.9. The van der Waals surface area contributed by atoms with Gasteiger partial charge in [0, 0.05) is 16.7 Å². The van der Waals surface area contributed by atoms with Gasteiger partial charge in [0.05, 0.1) is 18.9 Å². The molecule has 2 aromatic rings. The van der Waals surface area contributed by atoms with Crippen LogP contribution in [0.2, 0.25) is 0 Å². The number of hydrogen-bond acceptors (Lipinski definition) is 4. The van der Waals surface area contributed by atoms with Crippen molar-refractivity contribution in [1.29, 1.82) is 0 Å². The Bertz CT molecular complexity index is 933. The second-order valence-electron chi connectivity index (χ2n) is 6.11. The SMILES string of the molecule is CCc1ccccc1N(C(=O)c1ccc(OC)cc1)[C@@H]1C=CS(=O)(=O)C1. The highest BCUT2D eigenvalue weighted by molar-refractivity contribution is 7.94. The average molecular weight is 371 g/mol. The van der Waals surface area contributed by atoms with Crippen molar-refractivity contribution >= 4 is 21.4 Å². The van der Waals surface area contributed by atoms with Gasteiger partial charge in [-0.3, -0.25) is 4.79 Å². The number of benzene rings is 2. The lowest BCUT2D eigenvalue weighted by Crippen LogP contribution is -2.41. The van der Waals surface area contributed by atoms with Gasteiger partial charge in [0.25, 0.3) is 5.91 Å². The van der Waals surface area contributed by atoms with E-state index in [1.165, 1.54) is 5.41 Å². The topological polar surface area (TPSA) is 63.7 Å². The maximum atomic E-state index is 13.3. The van der Waals surface area contributed by atoms with Gasteiger partial charge in [0.1, 0.15) is 5.75 Å². The van der Waals surface area contributed by atoms with Crippen molar-refractivity contribution in [2.45, 2.75) is 19.4 Å². The third kappa shape index (κ3) is 3.65. The number of ether oxygens (including phenoxy) is 1. The molecule has 0 bridgehead atoms. The lowest BCUT2D eigenvalue weighted by atomic mass is 10.1. The number of amides is 1.